The lowest BCUT2D eigenvalue weighted by molar-refractivity contribution is -0.137. The fraction of sp³-hybridized carbons (Fsp3) is 0.278. The summed E-state index contributed by atoms with van der Waals surface area (Å²) in [5.41, 5.74) is 2.21. The fourth-order valence-corrected chi connectivity index (χ4v) is 2.39. The van der Waals surface area contributed by atoms with Crippen LogP contribution in [0.2, 0.25) is 0 Å². The molecule has 0 atom stereocenters. The minimum absolute atomic E-state index is 0.237. The summed E-state index contributed by atoms with van der Waals surface area (Å²) in [5.74, 6) is -0.310. The number of aryl methyl sites for hydroxylation is 2. The Bertz CT molecular complexity index is 705. The minimum atomic E-state index is -4.40. The van der Waals surface area contributed by atoms with Crippen molar-refractivity contribution in [1.82, 2.24) is 0 Å². The molecule has 2 nitrogen and oxygen atoms in total. The first-order valence-electron chi connectivity index (χ1n) is 7.30. The van der Waals surface area contributed by atoms with Crippen LogP contribution in [0.15, 0.2) is 42.5 Å². The van der Waals surface area contributed by atoms with Gasteiger partial charge in [0.2, 0.25) is 0 Å². The summed E-state index contributed by atoms with van der Waals surface area (Å²) in [4.78, 5) is 14.2. The number of amides is 1. The molecule has 0 spiro atoms. The summed E-state index contributed by atoms with van der Waals surface area (Å²) in [6, 6.07) is 10.1. The van der Waals surface area contributed by atoms with Gasteiger partial charge in [0, 0.05) is 17.8 Å². The van der Waals surface area contributed by atoms with E-state index in [0.717, 1.165) is 28.9 Å². The number of hydrogen-bond donors (Lipinski definition) is 0. The molecule has 2 aromatic rings. The summed E-state index contributed by atoms with van der Waals surface area (Å²) < 4.78 is 37.8. The Labute approximate surface area is 133 Å². The molecule has 0 unspecified atom stereocenters. The zero-order chi connectivity index (χ0) is 17.2. The molecule has 0 radical (unpaired) electrons. The largest absolute Gasteiger partial charge is 0.416 e. The van der Waals surface area contributed by atoms with Crippen molar-refractivity contribution in [3.63, 3.8) is 0 Å². The molecule has 1 amide bonds. The zero-order valence-electron chi connectivity index (χ0n) is 13.2. The molecule has 0 aliphatic rings. The SMILES string of the molecule is CCN(C(=O)c1ccc(C(F)(F)F)cc1)c1cc(C)ccc1C. The summed E-state index contributed by atoms with van der Waals surface area (Å²) in [7, 11) is 0. The molecule has 0 fully saturated rings. The summed E-state index contributed by atoms with van der Waals surface area (Å²) >= 11 is 0. The lowest BCUT2D eigenvalue weighted by Crippen LogP contribution is -2.31. The van der Waals surface area contributed by atoms with Gasteiger partial charge in [0.25, 0.3) is 5.91 Å². The quantitative estimate of drug-likeness (QED) is 0.780. The van der Waals surface area contributed by atoms with Gasteiger partial charge in [-0.2, -0.15) is 13.2 Å². The third-order valence-corrected chi connectivity index (χ3v) is 3.68. The van der Waals surface area contributed by atoms with E-state index >= 15 is 0 Å². The Kier molecular flexibility index (Phi) is 4.78. The van der Waals surface area contributed by atoms with Crippen molar-refractivity contribution in [2.45, 2.75) is 26.9 Å². The molecule has 0 saturated heterocycles. The number of anilines is 1. The van der Waals surface area contributed by atoms with E-state index in [1.165, 1.54) is 12.1 Å². The van der Waals surface area contributed by atoms with E-state index in [-0.39, 0.29) is 11.5 Å². The summed E-state index contributed by atoms with van der Waals surface area (Å²) in [6.07, 6.45) is -4.40. The van der Waals surface area contributed by atoms with E-state index in [2.05, 4.69) is 0 Å². The second kappa shape index (κ2) is 6.44. The van der Waals surface area contributed by atoms with Gasteiger partial charge in [-0.3, -0.25) is 4.79 Å². The highest BCUT2D eigenvalue weighted by Crippen LogP contribution is 2.30. The van der Waals surface area contributed by atoms with Crippen molar-refractivity contribution in [3.8, 4) is 0 Å². The number of carbonyl (C=O) groups is 1. The van der Waals surface area contributed by atoms with Crippen molar-refractivity contribution in [1.29, 1.82) is 0 Å². The Morgan fingerprint density at radius 1 is 1.04 bits per heavy atom. The number of rotatable bonds is 3. The van der Waals surface area contributed by atoms with Crippen LogP contribution in [-0.4, -0.2) is 12.5 Å². The van der Waals surface area contributed by atoms with E-state index in [1.54, 1.807) is 4.90 Å². The van der Waals surface area contributed by atoms with Crippen molar-refractivity contribution >= 4 is 11.6 Å². The number of nitrogens with zero attached hydrogens (tertiary/aromatic N) is 1. The summed E-state index contributed by atoms with van der Waals surface area (Å²) in [6.45, 7) is 6.10. The number of benzene rings is 2. The summed E-state index contributed by atoms with van der Waals surface area (Å²) in [5, 5.41) is 0. The van der Waals surface area contributed by atoms with Crippen molar-refractivity contribution in [2.75, 3.05) is 11.4 Å². The first-order valence-corrected chi connectivity index (χ1v) is 7.30. The monoisotopic (exact) mass is 321 g/mol. The maximum absolute atomic E-state index is 12.6. The number of hydrogen-bond acceptors (Lipinski definition) is 1. The van der Waals surface area contributed by atoms with Crippen LogP contribution in [0.3, 0.4) is 0 Å². The third-order valence-electron chi connectivity index (χ3n) is 3.68. The zero-order valence-corrected chi connectivity index (χ0v) is 13.2. The van der Waals surface area contributed by atoms with Crippen LogP contribution in [0, 0.1) is 13.8 Å². The Hall–Kier alpha value is -2.30. The van der Waals surface area contributed by atoms with Gasteiger partial charge in [0.05, 0.1) is 5.56 Å². The predicted octanol–water partition coefficient (Wildman–Crippen LogP) is 4.99. The van der Waals surface area contributed by atoms with Gasteiger partial charge >= 0.3 is 6.18 Å². The van der Waals surface area contributed by atoms with E-state index in [9.17, 15) is 18.0 Å². The Morgan fingerprint density at radius 2 is 1.65 bits per heavy atom. The predicted molar refractivity (Wildman–Crippen MR) is 84.7 cm³/mol. The van der Waals surface area contributed by atoms with E-state index in [1.807, 2.05) is 39.0 Å². The van der Waals surface area contributed by atoms with Gasteiger partial charge in [0.15, 0.2) is 0 Å². The highest BCUT2D eigenvalue weighted by molar-refractivity contribution is 6.06. The first kappa shape index (κ1) is 17.1. The first-order chi connectivity index (χ1) is 10.7. The maximum atomic E-state index is 12.6. The molecule has 0 aromatic heterocycles. The van der Waals surface area contributed by atoms with Gasteiger partial charge in [-0.05, 0) is 62.2 Å². The van der Waals surface area contributed by atoms with Crippen molar-refractivity contribution in [3.05, 3.63) is 64.7 Å². The number of halogens is 3. The van der Waals surface area contributed by atoms with Crippen LogP contribution in [0.5, 0.6) is 0 Å². The van der Waals surface area contributed by atoms with Crippen LogP contribution in [-0.2, 0) is 6.18 Å². The van der Waals surface area contributed by atoms with Crippen molar-refractivity contribution in [2.24, 2.45) is 0 Å². The van der Waals surface area contributed by atoms with E-state index in [0.29, 0.717) is 6.54 Å². The molecule has 0 aliphatic carbocycles. The smallest absolute Gasteiger partial charge is 0.308 e. The molecule has 5 heteroatoms. The fourth-order valence-electron chi connectivity index (χ4n) is 2.39. The van der Waals surface area contributed by atoms with Gasteiger partial charge in [-0.1, -0.05) is 12.1 Å². The number of carbonyl (C=O) groups excluding carboxylic acids is 1. The lowest BCUT2D eigenvalue weighted by atomic mass is 10.1. The molecule has 0 bridgehead atoms. The van der Waals surface area contributed by atoms with E-state index in [4.69, 9.17) is 0 Å². The highest BCUT2D eigenvalue weighted by Gasteiger charge is 2.30. The van der Waals surface area contributed by atoms with Gasteiger partial charge in [-0.25, -0.2) is 0 Å². The molecule has 0 saturated carbocycles. The van der Waals surface area contributed by atoms with Crippen molar-refractivity contribution < 1.29 is 18.0 Å². The molecular weight excluding hydrogens is 303 g/mol. The molecule has 23 heavy (non-hydrogen) atoms. The van der Waals surface area contributed by atoms with Gasteiger partial charge in [0.1, 0.15) is 0 Å². The molecule has 0 heterocycles. The average Bonchev–Trinajstić information content (AvgIpc) is 2.50. The van der Waals surface area contributed by atoms with Crippen LogP contribution in [0.25, 0.3) is 0 Å². The third kappa shape index (κ3) is 3.73. The van der Waals surface area contributed by atoms with Crippen LogP contribution in [0.1, 0.15) is 34.0 Å². The average molecular weight is 321 g/mol. The molecule has 2 rings (SSSR count). The van der Waals surface area contributed by atoms with E-state index < -0.39 is 11.7 Å². The Morgan fingerprint density at radius 3 is 2.17 bits per heavy atom. The molecule has 0 aliphatic heterocycles. The van der Waals surface area contributed by atoms with Gasteiger partial charge in [-0.15, -0.1) is 0 Å². The molecular formula is C18H18F3NO. The van der Waals surface area contributed by atoms with Crippen LogP contribution in [0.4, 0.5) is 18.9 Å². The minimum Gasteiger partial charge on any atom is -0.308 e. The van der Waals surface area contributed by atoms with Gasteiger partial charge < -0.3 is 4.90 Å². The molecule has 2 aromatic carbocycles. The number of alkyl halides is 3. The standard InChI is InChI=1S/C18H18F3NO/c1-4-22(16-11-12(2)5-6-13(16)3)17(23)14-7-9-15(10-8-14)18(19,20)21/h5-11H,4H2,1-3H3. The van der Waals surface area contributed by atoms with Crippen LogP contribution < -0.4 is 4.90 Å². The Balaban J connectivity index is 2.35. The molecule has 0 N–H and O–H groups in total. The maximum Gasteiger partial charge on any atom is 0.416 e. The highest BCUT2D eigenvalue weighted by atomic mass is 19.4. The topological polar surface area (TPSA) is 20.3 Å². The second-order valence-electron chi connectivity index (χ2n) is 5.41. The molecule has 122 valence electrons. The lowest BCUT2D eigenvalue weighted by Gasteiger charge is -2.23. The normalized spacial score (nSPS) is 11.4. The second-order valence-corrected chi connectivity index (χ2v) is 5.41. The van der Waals surface area contributed by atoms with Crippen LogP contribution >= 0.6 is 0 Å².